The molecule has 7 nitrogen and oxygen atoms in total. The number of aromatic nitrogens is 2. The van der Waals surface area contributed by atoms with Crippen molar-refractivity contribution >= 4 is 0 Å². The smallest absolute Gasteiger partial charge is 0.203 e. The lowest BCUT2D eigenvalue weighted by atomic mass is 10.0. The zero-order chi connectivity index (χ0) is 22.3. The Bertz CT molecular complexity index is 972. The molecule has 1 aromatic heterocycles. The Hall–Kier alpha value is -3.03. The molecule has 1 aliphatic heterocycles. The van der Waals surface area contributed by atoms with Gasteiger partial charge in [0.2, 0.25) is 5.75 Å². The molecule has 1 fully saturated rings. The second-order valence-corrected chi connectivity index (χ2v) is 7.96. The minimum absolute atomic E-state index is 0.311. The fraction of sp³-hybridized carbons (Fsp3) is 0.400. The van der Waals surface area contributed by atoms with Crippen LogP contribution >= 0.6 is 0 Å². The molecule has 0 saturated carbocycles. The van der Waals surface area contributed by atoms with Crippen LogP contribution < -0.4 is 14.2 Å². The van der Waals surface area contributed by atoms with Gasteiger partial charge in [-0.3, -0.25) is 10.00 Å². The summed E-state index contributed by atoms with van der Waals surface area (Å²) in [6.45, 7) is 3.51. The summed E-state index contributed by atoms with van der Waals surface area (Å²) in [5.74, 6) is 1.83. The molecule has 3 aromatic rings. The zero-order valence-electron chi connectivity index (χ0n) is 19.0. The summed E-state index contributed by atoms with van der Waals surface area (Å²) in [6, 6.07) is 14.3. The highest BCUT2D eigenvalue weighted by molar-refractivity contribution is 5.70. The van der Waals surface area contributed by atoms with Crippen molar-refractivity contribution in [2.24, 2.45) is 0 Å². The Kier molecular flexibility index (Phi) is 7.29. The molecule has 1 saturated heterocycles. The van der Waals surface area contributed by atoms with Crippen molar-refractivity contribution in [3.05, 3.63) is 59.8 Å². The van der Waals surface area contributed by atoms with E-state index in [0.29, 0.717) is 30.0 Å². The van der Waals surface area contributed by atoms with Gasteiger partial charge >= 0.3 is 0 Å². The van der Waals surface area contributed by atoms with Crippen molar-refractivity contribution < 1.29 is 18.9 Å². The molecule has 2 heterocycles. The standard InChI is InChI=1S/C25H31N3O4/c1-29-22-13-19(14-23(30-2)25(22)31-3)24-20(15-26-27-24)16-28-11-9-21(10-12-28)32-17-18-7-5-4-6-8-18/h4-8,13-15,21H,9-12,16-17H2,1-3H3,(H,26,27). The average Bonchev–Trinajstić information content (AvgIpc) is 3.31. The molecule has 0 spiro atoms. The molecule has 0 bridgehead atoms. The summed E-state index contributed by atoms with van der Waals surface area (Å²) in [7, 11) is 4.85. The molecule has 32 heavy (non-hydrogen) atoms. The summed E-state index contributed by atoms with van der Waals surface area (Å²) in [6.07, 6.45) is 4.27. The van der Waals surface area contributed by atoms with E-state index in [0.717, 1.165) is 49.3 Å². The molecule has 170 valence electrons. The number of hydrogen-bond acceptors (Lipinski definition) is 6. The molecule has 0 aliphatic carbocycles. The SMILES string of the molecule is COc1cc(-c2[nH]ncc2CN2CCC(OCc3ccccc3)CC2)cc(OC)c1OC. The van der Waals surface area contributed by atoms with E-state index in [-0.39, 0.29) is 0 Å². The Balaban J connectivity index is 1.39. The number of H-pyrrole nitrogens is 1. The van der Waals surface area contributed by atoms with E-state index < -0.39 is 0 Å². The van der Waals surface area contributed by atoms with Gasteiger partial charge in [0.25, 0.3) is 0 Å². The summed E-state index contributed by atoms with van der Waals surface area (Å²) in [5.41, 5.74) is 4.28. The van der Waals surface area contributed by atoms with E-state index in [4.69, 9.17) is 18.9 Å². The average molecular weight is 438 g/mol. The molecule has 7 heteroatoms. The fourth-order valence-electron chi connectivity index (χ4n) is 4.17. The summed E-state index contributed by atoms with van der Waals surface area (Å²) >= 11 is 0. The van der Waals surface area contributed by atoms with Crippen LogP contribution in [0.15, 0.2) is 48.7 Å². The maximum Gasteiger partial charge on any atom is 0.203 e. The summed E-state index contributed by atoms with van der Waals surface area (Å²) < 4.78 is 22.6. The van der Waals surface area contributed by atoms with Crippen LogP contribution in [0.3, 0.4) is 0 Å². The quantitative estimate of drug-likeness (QED) is 0.539. The topological polar surface area (TPSA) is 68.8 Å². The minimum Gasteiger partial charge on any atom is -0.493 e. The molecule has 0 atom stereocenters. The molecule has 0 amide bonds. The maximum absolute atomic E-state index is 6.13. The van der Waals surface area contributed by atoms with Gasteiger partial charge in [-0.15, -0.1) is 0 Å². The Morgan fingerprint density at radius 2 is 1.66 bits per heavy atom. The first-order chi connectivity index (χ1) is 15.7. The van der Waals surface area contributed by atoms with E-state index in [9.17, 15) is 0 Å². The number of rotatable bonds is 9. The van der Waals surface area contributed by atoms with Crippen molar-refractivity contribution in [3.8, 4) is 28.5 Å². The van der Waals surface area contributed by atoms with Gasteiger partial charge in [0.05, 0.1) is 45.9 Å². The number of benzene rings is 2. The normalized spacial score (nSPS) is 15.0. The number of nitrogens with one attached hydrogen (secondary N) is 1. The monoisotopic (exact) mass is 437 g/mol. The molecule has 2 aromatic carbocycles. The Morgan fingerprint density at radius 3 is 2.28 bits per heavy atom. The third-order valence-corrected chi connectivity index (χ3v) is 5.93. The molecule has 0 unspecified atom stereocenters. The Morgan fingerprint density at radius 1 is 0.969 bits per heavy atom. The first-order valence-electron chi connectivity index (χ1n) is 10.9. The van der Waals surface area contributed by atoms with E-state index in [1.807, 2.05) is 24.4 Å². The van der Waals surface area contributed by atoms with Gasteiger partial charge in [-0.2, -0.15) is 5.10 Å². The highest BCUT2D eigenvalue weighted by Crippen LogP contribution is 2.41. The minimum atomic E-state index is 0.311. The lowest BCUT2D eigenvalue weighted by molar-refractivity contribution is -0.00391. The van der Waals surface area contributed by atoms with Crippen molar-refractivity contribution in [2.75, 3.05) is 34.4 Å². The number of methoxy groups -OCH3 is 3. The number of ether oxygens (including phenoxy) is 4. The van der Waals surface area contributed by atoms with Crippen LogP contribution in [0.25, 0.3) is 11.3 Å². The van der Waals surface area contributed by atoms with Crippen LogP contribution in [0.5, 0.6) is 17.2 Å². The maximum atomic E-state index is 6.13. The van der Waals surface area contributed by atoms with E-state index in [2.05, 4.69) is 39.4 Å². The molecule has 1 N–H and O–H groups in total. The van der Waals surface area contributed by atoms with Gasteiger partial charge in [-0.05, 0) is 30.5 Å². The fourth-order valence-corrected chi connectivity index (χ4v) is 4.17. The van der Waals surface area contributed by atoms with E-state index in [1.165, 1.54) is 5.56 Å². The highest BCUT2D eigenvalue weighted by atomic mass is 16.5. The van der Waals surface area contributed by atoms with Crippen molar-refractivity contribution in [3.63, 3.8) is 0 Å². The number of hydrogen-bond donors (Lipinski definition) is 1. The molecular weight excluding hydrogens is 406 g/mol. The molecule has 0 radical (unpaired) electrons. The van der Waals surface area contributed by atoms with Gasteiger partial charge in [0, 0.05) is 30.8 Å². The predicted molar refractivity (Wildman–Crippen MR) is 123 cm³/mol. The van der Waals surface area contributed by atoms with E-state index >= 15 is 0 Å². The summed E-state index contributed by atoms with van der Waals surface area (Å²) in [5, 5.41) is 7.45. The van der Waals surface area contributed by atoms with Gasteiger partial charge < -0.3 is 18.9 Å². The number of nitrogens with zero attached hydrogens (tertiary/aromatic N) is 2. The van der Waals surface area contributed by atoms with E-state index in [1.54, 1.807) is 21.3 Å². The van der Waals surface area contributed by atoms with Crippen molar-refractivity contribution in [1.29, 1.82) is 0 Å². The summed E-state index contributed by atoms with van der Waals surface area (Å²) in [4.78, 5) is 2.45. The molecule has 4 rings (SSSR count). The first kappa shape index (κ1) is 22.2. The van der Waals surface area contributed by atoms with Gasteiger partial charge in [0.15, 0.2) is 11.5 Å². The highest BCUT2D eigenvalue weighted by Gasteiger charge is 2.22. The molecular formula is C25H31N3O4. The zero-order valence-corrected chi connectivity index (χ0v) is 19.0. The predicted octanol–water partition coefficient (Wildman–Crippen LogP) is 4.28. The second kappa shape index (κ2) is 10.5. The Labute approximate surface area is 189 Å². The number of likely N-dealkylation sites (tertiary alicyclic amines) is 1. The third kappa shape index (κ3) is 5.06. The second-order valence-electron chi connectivity index (χ2n) is 7.96. The van der Waals surface area contributed by atoms with Crippen LogP contribution in [0.4, 0.5) is 0 Å². The van der Waals surface area contributed by atoms with Crippen LogP contribution in [-0.2, 0) is 17.9 Å². The largest absolute Gasteiger partial charge is 0.493 e. The van der Waals surface area contributed by atoms with Crippen molar-refractivity contribution in [2.45, 2.75) is 32.1 Å². The van der Waals surface area contributed by atoms with Crippen LogP contribution in [0.2, 0.25) is 0 Å². The lowest BCUT2D eigenvalue weighted by Crippen LogP contribution is -2.36. The third-order valence-electron chi connectivity index (χ3n) is 5.93. The first-order valence-corrected chi connectivity index (χ1v) is 10.9. The van der Waals surface area contributed by atoms with Gasteiger partial charge in [0.1, 0.15) is 0 Å². The van der Waals surface area contributed by atoms with Crippen LogP contribution in [-0.4, -0.2) is 55.6 Å². The van der Waals surface area contributed by atoms with Gasteiger partial charge in [-0.25, -0.2) is 0 Å². The van der Waals surface area contributed by atoms with Gasteiger partial charge in [-0.1, -0.05) is 30.3 Å². The molecule has 1 aliphatic rings. The van der Waals surface area contributed by atoms with Crippen LogP contribution in [0.1, 0.15) is 24.0 Å². The number of aromatic amines is 1. The van der Waals surface area contributed by atoms with Crippen LogP contribution in [0, 0.1) is 0 Å². The lowest BCUT2D eigenvalue weighted by Gasteiger charge is -2.31. The van der Waals surface area contributed by atoms with Crippen molar-refractivity contribution in [1.82, 2.24) is 15.1 Å². The number of piperidine rings is 1.